The van der Waals surface area contributed by atoms with Crippen LogP contribution >= 0.6 is 0 Å². The number of aromatic nitrogens is 2. The van der Waals surface area contributed by atoms with Crippen molar-refractivity contribution in [1.29, 1.82) is 0 Å². The second-order valence-corrected chi connectivity index (χ2v) is 3.18. The van der Waals surface area contributed by atoms with Gasteiger partial charge >= 0.3 is 11.7 Å². The molecule has 1 aromatic rings. The molecule has 6 nitrogen and oxygen atoms in total. The molecule has 0 aromatic carbocycles. The molecule has 14 heavy (non-hydrogen) atoms. The first-order chi connectivity index (χ1) is 6.43. The molecule has 1 heterocycles. The van der Waals surface area contributed by atoms with Gasteiger partial charge in [0.2, 0.25) is 0 Å². The Labute approximate surface area is 79.8 Å². The normalized spacial score (nSPS) is 10.5. The van der Waals surface area contributed by atoms with Crippen LogP contribution in [0.5, 0.6) is 0 Å². The Kier molecular flexibility index (Phi) is 2.55. The van der Waals surface area contributed by atoms with E-state index in [9.17, 15) is 9.59 Å². The summed E-state index contributed by atoms with van der Waals surface area (Å²) in [6.07, 6.45) is 0. The number of H-pyrrole nitrogens is 1. The van der Waals surface area contributed by atoms with Gasteiger partial charge in [0.1, 0.15) is 11.5 Å². The quantitative estimate of drug-likeness (QED) is 0.626. The average Bonchev–Trinajstić information content (AvgIpc) is 2.01. The summed E-state index contributed by atoms with van der Waals surface area (Å²) < 4.78 is 0. The van der Waals surface area contributed by atoms with Crippen molar-refractivity contribution in [2.45, 2.75) is 19.8 Å². The average molecular weight is 197 g/mol. The largest absolute Gasteiger partial charge is 0.477 e. The van der Waals surface area contributed by atoms with Gasteiger partial charge in [-0.25, -0.2) is 9.59 Å². The molecule has 0 saturated carbocycles. The van der Waals surface area contributed by atoms with E-state index in [4.69, 9.17) is 10.8 Å². The van der Waals surface area contributed by atoms with E-state index in [1.807, 2.05) is 0 Å². The van der Waals surface area contributed by atoms with Crippen molar-refractivity contribution in [3.8, 4) is 0 Å². The van der Waals surface area contributed by atoms with E-state index in [0.29, 0.717) is 5.56 Å². The second kappa shape index (κ2) is 3.49. The van der Waals surface area contributed by atoms with E-state index in [1.54, 1.807) is 13.8 Å². The third-order valence-electron chi connectivity index (χ3n) is 1.79. The van der Waals surface area contributed by atoms with Crippen LogP contribution in [-0.2, 0) is 0 Å². The Morgan fingerprint density at radius 2 is 2.14 bits per heavy atom. The summed E-state index contributed by atoms with van der Waals surface area (Å²) in [5.74, 6) is -1.34. The van der Waals surface area contributed by atoms with Crippen LogP contribution in [0.1, 0.15) is 35.8 Å². The van der Waals surface area contributed by atoms with Crippen LogP contribution in [0, 0.1) is 0 Å². The Hall–Kier alpha value is -1.85. The van der Waals surface area contributed by atoms with Crippen molar-refractivity contribution in [3.63, 3.8) is 0 Å². The molecule has 0 aliphatic rings. The lowest BCUT2D eigenvalue weighted by atomic mass is 10.0. The Morgan fingerprint density at radius 1 is 1.57 bits per heavy atom. The third-order valence-corrected chi connectivity index (χ3v) is 1.79. The van der Waals surface area contributed by atoms with Gasteiger partial charge in [-0.2, -0.15) is 4.98 Å². The zero-order valence-corrected chi connectivity index (χ0v) is 7.87. The van der Waals surface area contributed by atoms with Crippen LogP contribution in [0.15, 0.2) is 4.79 Å². The maximum absolute atomic E-state index is 10.9. The molecule has 1 rings (SSSR count). The minimum atomic E-state index is -1.21. The SMILES string of the molecule is CC(C)c1c(N)nc(=O)[nH]c1C(=O)O. The first-order valence-electron chi connectivity index (χ1n) is 4.06. The lowest BCUT2D eigenvalue weighted by Gasteiger charge is -2.10. The number of hydrogen-bond acceptors (Lipinski definition) is 4. The van der Waals surface area contributed by atoms with Crippen LogP contribution < -0.4 is 11.4 Å². The fourth-order valence-corrected chi connectivity index (χ4v) is 1.25. The molecule has 0 bridgehead atoms. The molecule has 0 aliphatic carbocycles. The molecule has 0 saturated heterocycles. The summed E-state index contributed by atoms with van der Waals surface area (Å²) in [6.45, 7) is 3.55. The van der Waals surface area contributed by atoms with E-state index in [1.165, 1.54) is 0 Å². The van der Waals surface area contributed by atoms with Crippen LogP contribution in [0.25, 0.3) is 0 Å². The number of carbonyl (C=O) groups is 1. The Balaban J connectivity index is 3.52. The van der Waals surface area contributed by atoms with E-state index >= 15 is 0 Å². The fraction of sp³-hybridized carbons (Fsp3) is 0.375. The number of hydrogen-bond donors (Lipinski definition) is 3. The predicted octanol–water partition coefficient (Wildman–Crippen LogP) is 0.174. The molecule has 0 radical (unpaired) electrons. The van der Waals surface area contributed by atoms with Gasteiger partial charge in [-0.1, -0.05) is 13.8 Å². The number of nitrogens with two attached hydrogens (primary N) is 1. The number of carboxylic acid groups (broad SMARTS) is 1. The summed E-state index contributed by atoms with van der Waals surface area (Å²) in [7, 11) is 0. The third kappa shape index (κ3) is 1.73. The number of rotatable bonds is 2. The van der Waals surface area contributed by atoms with Crippen molar-refractivity contribution in [3.05, 3.63) is 21.7 Å². The number of nitrogen functional groups attached to an aromatic ring is 1. The van der Waals surface area contributed by atoms with E-state index in [0.717, 1.165) is 0 Å². The van der Waals surface area contributed by atoms with Crippen LogP contribution in [-0.4, -0.2) is 21.0 Å². The standard InChI is InChI=1S/C8H11N3O3/c1-3(2)4-5(7(12)13)10-8(14)11-6(4)9/h3H,1-2H3,(H,12,13)(H3,9,10,11,14). The van der Waals surface area contributed by atoms with Gasteiger partial charge in [0, 0.05) is 5.56 Å². The van der Waals surface area contributed by atoms with Crippen LogP contribution in [0.2, 0.25) is 0 Å². The number of nitrogens with one attached hydrogen (secondary N) is 1. The molecule has 6 heteroatoms. The molecular weight excluding hydrogens is 186 g/mol. The summed E-state index contributed by atoms with van der Waals surface area (Å²) >= 11 is 0. The maximum Gasteiger partial charge on any atom is 0.352 e. The van der Waals surface area contributed by atoms with Crippen molar-refractivity contribution in [2.75, 3.05) is 5.73 Å². The van der Waals surface area contributed by atoms with Crippen LogP contribution in [0.3, 0.4) is 0 Å². The summed E-state index contributed by atoms with van der Waals surface area (Å²) in [4.78, 5) is 27.3. The zero-order chi connectivity index (χ0) is 10.9. The summed E-state index contributed by atoms with van der Waals surface area (Å²) in [5.41, 5.74) is 4.90. The Morgan fingerprint density at radius 3 is 2.57 bits per heavy atom. The fourth-order valence-electron chi connectivity index (χ4n) is 1.25. The lowest BCUT2D eigenvalue weighted by molar-refractivity contribution is 0.0688. The molecule has 4 N–H and O–H groups in total. The topological polar surface area (TPSA) is 109 Å². The smallest absolute Gasteiger partial charge is 0.352 e. The predicted molar refractivity (Wildman–Crippen MR) is 50.3 cm³/mol. The van der Waals surface area contributed by atoms with Gasteiger partial charge in [-0.05, 0) is 5.92 Å². The van der Waals surface area contributed by atoms with Crippen LogP contribution in [0.4, 0.5) is 5.82 Å². The molecular formula is C8H11N3O3. The highest BCUT2D eigenvalue weighted by atomic mass is 16.4. The van der Waals surface area contributed by atoms with E-state index in [-0.39, 0.29) is 17.4 Å². The first kappa shape index (κ1) is 10.2. The minimum absolute atomic E-state index is 0.0267. The molecule has 0 fully saturated rings. The number of anilines is 1. The van der Waals surface area contributed by atoms with Gasteiger partial charge in [0.15, 0.2) is 0 Å². The molecule has 0 aliphatic heterocycles. The lowest BCUT2D eigenvalue weighted by Crippen LogP contribution is -2.21. The zero-order valence-electron chi connectivity index (χ0n) is 7.87. The monoisotopic (exact) mass is 197 g/mol. The number of aromatic amines is 1. The molecule has 0 unspecified atom stereocenters. The van der Waals surface area contributed by atoms with E-state index in [2.05, 4.69) is 9.97 Å². The summed E-state index contributed by atoms with van der Waals surface area (Å²) in [6, 6.07) is 0. The molecule has 0 atom stereocenters. The second-order valence-electron chi connectivity index (χ2n) is 3.18. The molecule has 1 aromatic heterocycles. The number of aromatic carboxylic acids is 1. The minimum Gasteiger partial charge on any atom is -0.477 e. The maximum atomic E-state index is 10.9. The first-order valence-corrected chi connectivity index (χ1v) is 4.06. The Bertz CT molecular complexity index is 422. The van der Waals surface area contributed by atoms with Crippen molar-refractivity contribution in [1.82, 2.24) is 9.97 Å². The summed E-state index contributed by atoms with van der Waals surface area (Å²) in [5, 5.41) is 8.81. The van der Waals surface area contributed by atoms with Gasteiger partial charge in [-0.15, -0.1) is 0 Å². The molecule has 0 spiro atoms. The van der Waals surface area contributed by atoms with Crippen molar-refractivity contribution in [2.24, 2.45) is 0 Å². The molecule has 76 valence electrons. The number of carboxylic acids is 1. The molecule has 0 amide bonds. The van der Waals surface area contributed by atoms with Gasteiger partial charge in [0.05, 0.1) is 0 Å². The van der Waals surface area contributed by atoms with Gasteiger partial charge in [0.25, 0.3) is 0 Å². The highest BCUT2D eigenvalue weighted by Crippen LogP contribution is 2.21. The highest BCUT2D eigenvalue weighted by molar-refractivity contribution is 5.88. The van der Waals surface area contributed by atoms with Crippen molar-refractivity contribution >= 4 is 11.8 Å². The van der Waals surface area contributed by atoms with Gasteiger partial charge < -0.3 is 10.8 Å². The highest BCUT2D eigenvalue weighted by Gasteiger charge is 2.18. The van der Waals surface area contributed by atoms with E-state index < -0.39 is 11.7 Å². The number of nitrogens with zero attached hydrogens (tertiary/aromatic N) is 1. The van der Waals surface area contributed by atoms with Gasteiger partial charge in [-0.3, -0.25) is 4.98 Å². The van der Waals surface area contributed by atoms with Crippen molar-refractivity contribution < 1.29 is 9.90 Å².